The average molecular weight is 446 g/mol. The molecule has 1 spiro atoms. The second-order valence-corrected chi connectivity index (χ2v) is 8.21. The molecule has 0 aliphatic carbocycles. The Morgan fingerprint density at radius 2 is 1.94 bits per heavy atom. The maximum absolute atomic E-state index is 10.6. The molecule has 174 valence electrons. The number of rotatable bonds is 3. The fourth-order valence-electron chi connectivity index (χ4n) is 4.37. The quantitative estimate of drug-likeness (QED) is 0.756. The van der Waals surface area contributed by atoms with Gasteiger partial charge in [-0.05, 0) is 31.6 Å². The topological polar surface area (TPSA) is 88.0 Å². The van der Waals surface area contributed by atoms with Gasteiger partial charge in [0.05, 0.1) is 18.4 Å². The van der Waals surface area contributed by atoms with Crippen molar-refractivity contribution in [1.82, 2.24) is 14.9 Å². The highest BCUT2D eigenvalue weighted by Gasteiger charge is 2.41. The number of piperidine rings is 1. The van der Waals surface area contributed by atoms with Crippen LogP contribution in [-0.4, -0.2) is 90.3 Å². The summed E-state index contributed by atoms with van der Waals surface area (Å²) in [4.78, 5) is 22.6. The van der Waals surface area contributed by atoms with E-state index in [4.69, 9.17) is 19.4 Å². The van der Waals surface area contributed by atoms with Crippen LogP contribution in [0.4, 0.5) is 19.0 Å². The molecule has 0 amide bonds. The molecule has 4 rings (SSSR count). The smallest absolute Gasteiger partial charge is 0.475 e. The van der Waals surface area contributed by atoms with E-state index >= 15 is 0 Å². The predicted molar refractivity (Wildman–Crippen MR) is 106 cm³/mol. The van der Waals surface area contributed by atoms with E-state index in [0.29, 0.717) is 0 Å². The Kier molecular flexibility index (Phi) is 8.06. The summed E-state index contributed by atoms with van der Waals surface area (Å²) < 4.78 is 43.6. The summed E-state index contributed by atoms with van der Waals surface area (Å²) in [5.74, 6) is -0.997. The number of nitrogens with zero attached hydrogens (tertiary/aromatic N) is 4. The lowest BCUT2D eigenvalue weighted by Crippen LogP contribution is -2.60. The number of anilines is 1. The summed E-state index contributed by atoms with van der Waals surface area (Å²) in [5, 5.41) is 7.12. The number of aliphatic carboxylic acids is 1. The van der Waals surface area contributed by atoms with E-state index < -0.39 is 12.1 Å². The molecule has 1 N–H and O–H groups in total. The molecule has 3 fully saturated rings. The Morgan fingerprint density at radius 1 is 1.19 bits per heavy atom. The number of hydrogen-bond acceptors (Lipinski definition) is 7. The van der Waals surface area contributed by atoms with Crippen LogP contribution in [-0.2, 0) is 14.3 Å². The normalized spacial score (nSPS) is 25.7. The third kappa shape index (κ3) is 7.01. The molecule has 11 heteroatoms. The van der Waals surface area contributed by atoms with E-state index in [9.17, 15) is 13.2 Å². The van der Waals surface area contributed by atoms with Gasteiger partial charge in [-0.15, -0.1) is 0 Å². The molecule has 31 heavy (non-hydrogen) atoms. The fraction of sp³-hybridized carbons (Fsp3) is 0.750. The lowest BCUT2D eigenvalue weighted by Gasteiger charge is -2.49. The number of halogens is 3. The van der Waals surface area contributed by atoms with Gasteiger partial charge in [-0.2, -0.15) is 13.2 Å². The van der Waals surface area contributed by atoms with Gasteiger partial charge in [0.25, 0.3) is 0 Å². The summed E-state index contributed by atoms with van der Waals surface area (Å²) in [6.45, 7) is 7.98. The van der Waals surface area contributed by atoms with Gasteiger partial charge in [-0.3, -0.25) is 9.88 Å². The van der Waals surface area contributed by atoms with Gasteiger partial charge in [0.2, 0.25) is 0 Å². The van der Waals surface area contributed by atoms with Crippen molar-refractivity contribution in [3.8, 4) is 0 Å². The third-order valence-corrected chi connectivity index (χ3v) is 5.84. The highest BCUT2D eigenvalue weighted by atomic mass is 19.4. The van der Waals surface area contributed by atoms with Crippen molar-refractivity contribution >= 4 is 11.8 Å². The molecular weight excluding hydrogens is 417 g/mol. The van der Waals surface area contributed by atoms with Gasteiger partial charge in [-0.1, -0.05) is 0 Å². The number of morpholine rings is 1. The number of ether oxygens (including phenoxy) is 2. The van der Waals surface area contributed by atoms with E-state index in [2.05, 4.69) is 19.8 Å². The van der Waals surface area contributed by atoms with Crippen molar-refractivity contribution in [2.24, 2.45) is 5.92 Å². The summed E-state index contributed by atoms with van der Waals surface area (Å²) in [5.41, 5.74) is -0.0425. The number of alkyl halides is 3. The molecule has 0 bridgehead atoms. The van der Waals surface area contributed by atoms with Crippen molar-refractivity contribution in [2.45, 2.75) is 37.5 Å². The van der Waals surface area contributed by atoms with Crippen LogP contribution in [0.25, 0.3) is 0 Å². The zero-order valence-corrected chi connectivity index (χ0v) is 17.4. The summed E-state index contributed by atoms with van der Waals surface area (Å²) in [7, 11) is 0. The Bertz CT molecular complexity index is 699. The third-order valence-electron chi connectivity index (χ3n) is 5.84. The van der Waals surface area contributed by atoms with Crippen LogP contribution >= 0.6 is 0 Å². The zero-order valence-electron chi connectivity index (χ0n) is 17.4. The molecule has 3 aliphatic rings. The average Bonchev–Trinajstić information content (AvgIpc) is 2.75. The molecule has 1 aromatic rings. The van der Waals surface area contributed by atoms with Crippen LogP contribution in [0.3, 0.4) is 0 Å². The molecule has 1 aromatic heterocycles. The van der Waals surface area contributed by atoms with Gasteiger partial charge < -0.3 is 19.5 Å². The molecule has 3 saturated heterocycles. The minimum Gasteiger partial charge on any atom is -0.475 e. The molecule has 0 saturated carbocycles. The number of carboxylic acids is 1. The molecule has 0 aromatic carbocycles. The van der Waals surface area contributed by atoms with Crippen molar-refractivity contribution in [3.63, 3.8) is 0 Å². The lowest BCUT2D eigenvalue weighted by molar-refractivity contribution is -0.192. The minimum atomic E-state index is -5.08. The Balaban J connectivity index is 0.000000339. The van der Waals surface area contributed by atoms with Gasteiger partial charge in [0.1, 0.15) is 5.82 Å². The van der Waals surface area contributed by atoms with Gasteiger partial charge in [0.15, 0.2) is 0 Å². The SMILES string of the molecule is O=C(O)C(F)(F)F.c1cnc(N2CCCC3(CN(CC4CCOCC4)CCO3)C2)cn1. The van der Waals surface area contributed by atoms with E-state index in [0.717, 1.165) is 70.6 Å². The molecule has 4 heterocycles. The van der Waals surface area contributed by atoms with Crippen LogP contribution in [0.2, 0.25) is 0 Å². The largest absolute Gasteiger partial charge is 0.490 e. The number of carbonyl (C=O) groups is 1. The van der Waals surface area contributed by atoms with Crippen LogP contribution in [0.15, 0.2) is 18.6 Å². The van der Waals surface area contributed by atoms with Crippen molar-refractivity contribution in [2.75, 3.05) is 57.4 Å². The van der Waals surface area contributed by atoms with Crippen LogP contribution in [0, 0.1) is 5.92 Å². The highest BCUT2D eigenvalue weighted by Crippen LogP contribution is 2.31. The Labute approximate surface area is 179 Å². The van der Waals surface area contributed by atoms with Gasteiger partial charge in [-0.25, -0.2) is 9.78 Å². The number of carboxylic acid groups (broad SMARTS) is 1. The zero-order chi connectivity index (χ0) is 22.3. The molecule has 3 aliphatic heterocycles. The van der Waals surface area contributed by atoms with Crippen molar-refractivity contribution in [1.29, 1.82) is 0 Å². The number of hydrogen-bond donors (Lipinski definition) is 1. The summed E-state index contributed by atoms with van der Waals surface area (Å²) >= 11 is 0. The van der Waals surface area contributed by atoms with Crippen molar-refractivity contribution < 1.29 is 32.5 Å². The first kappa shape index (κ1) is 23.7. The number of aromatic nitrogens is 2. The molecule has 0 radical (unpaired) electrons. The lowest BCUT2D eigenvalue weighted by atomic mass is 9.89. The van der Waals surface area contributed by atoms with Crippen LogP contribution < -0.4 is 4.90 Å². The van der Waals surface area contributed by atoms with Crippen molar-refractivity contribution in [3.05, 3.63) is 18.6 Å². The Morgan fingerprint density at radius 3 is 2.58 bits per heavy atom. The standard InChI is InChI=1S/C18H28N4O2.C2HF3O2/c1-4-18(15-22(7-1)17-12-19-5-6-20-17)14-21(8-11-24-18)13-16-2-9-23-10-3-16;3-2(4,5)1(6)7/h5-6,12,16H,1-4,7-11,13-15H2;(H,6,7). The summed E-state index contributed by atoms with van der Waals surface area (Å²) in [6.07, 6.45) is 5.00. The predicted octanol–water partition coefficient (Wildman–Crippen LogP) is 2.21. The molecular formula is C20H29F3N4O4. The van der Waals surface area contributed by atoms with Gasteiger partial charge in [0, 0.05) is 58.3 Å². The molecule has 1 unspecified atom stereocenters. The highest BCUT2D eigenvalue weighted by molar-refractivity contribution is 5.73. The van der Waals surface area contributed by atoms with Crippen LogP contribution in [0.5, 0.6) is 0 Å². The Hall–Kier alpha value is -1.98. The maximum Gasteiger partial charge on any atom is 0.490 e. The van der Waals surface area contributed by atoms with E-state index in [1.807, 2.05) is 6.20 Å². The first-order valence-electron chi connectivity index (χ1n) is 10.5. The van der Waals surface area contributed by atoms with Crippen LogP contribution in [0.1, 0.15) is 25.7 Å². The monoisotopic (exact) mass is 446 g/mol. The maximum atomic E-state index is 10.6. The van der Waals surface area contributed by atoms with Gasteiger partial charge >= 0.3 is 12.1 Å². The van der Waals surface area contributed by atoms with E-state index in [-0.39, 0.29) is 5.60 Å². The first-order valence-corrected chi connectivity index (χ1v) is 10.5. The fourth-order valence-corrected chi connectivity index (χ4v) is 4.37. The van der Waals surface area contributed by atoms with E-state index in [1.54, 1.807) is 12.4 Å². The molecule has 8 nitrogen and oxygen atoms in total. The minimum absolute atomic E-state index is 0.0425. The second-order valence-electron chi connectivity index (χ2n) is 8.21. The van der Waals surface area contributed by atoms with E-state index in [1.165, 1.54) is 19.4 Å². The second kappa shape index (κ2) is 10.6. The molecule has 1 atom stereocenters. The first-order chi connectivity index (χ1) is 14.8. The summed E-state index contributed by atoms with van der Waals surface area (Å²) in [6, 6.07) is 0.